The lowest BCUT2D eigenvalue weighted by molar-refractivity contribution is 0.0000667. The van der Waals surface area contributed by atoms with Crippen LogP contribution >= 0.6 is 0 Å². The van der Waals surface area contributed by atoms with Crippen LogP contribution in [0.3, 0.4) is 0 Å². The summed E-state index contributed by atoms with van der Waals surface area (Å²) in [4.78, 5) is 25.5. The standard InChI is InChI=1S/C20H25NO4/c1-20(2,3)25-19(24)21-16-5-4-6-17(21)12-15(11-16)13-7-9-14(10-8-13)18(22)23/h7-11,16-17H,4-6,12H2,1-3H3,(H,22,23). The van der Waals surface area contributed by atoms with Crippen LogP contribution in [0.15, 0.2) is 30.3 Å². The fourth-order valence-electron chi connectivity index (χ4n) is 3.67. The van der Waals surface area contributed by atoms with E-state index in [1.54, 1.807) is 12.1 Å². The van der Waals surface area contributed by atoms with Crippen molar-refractivity contribution in [2.45, 2.75) is 64.1 Å². The summed E-state index contributed by atoms with van der Waals surface area (Å²) in [7, 11) is 0. The van der Waals surface area contributed by atoms with Gasteiger partial charge < -0.3 is 9.84 Å². The smallest absolute Gasteiger partial charge is 0.411 e. The number of ether oxygens (including phenoxy) is 1. The summed E-state index contributed by atoms with van der Waals surface area (Å²) in [5, 5.41) is 9.03. The Kier molecular flexibility index (Phi) is 4.58. The first-order valence-corrected chi connectivity index (χ1v) is 8.80. The highest BCUT2D eigenvalue weighted by Gasteiger charge is 2.39. The van der Waals surface area contributed by atoms with E-state index in [1.165, 1.54) is 5.57 Å². The van der Waals surface area contributed by atoms with Crippen LogP contribution in [0.4, 0.5) is 4.79 Å². The van der Waals surface area contributed by atoms with E-state index in [0.29, 0.717) is 0 Å². The average molecular weight is 343 g/mol. The molecule has 1 aromatic carbocycles. The number of amides is 1. The largest absolute Gasteiger partial charge is 0.478 e. The highest BCUT2D eigenvalue weighted by Crippen LogP contribution is 2.37. The van der Waals surface area contributed by atoms with Crippen LogP contribution in [0.25, 0.3) is 5.57 Å². The normalized spacial score (nSPS) is 23.0. The first kappa shape index (κ1) is 17.5. The highest BCUT2D eigenvalue weighted by atomic mass is 16.6. The number of hydrogen-bond donors (Lipinski definition) is 1. The summed E-state index contributed by atoms with van der Waals surface area (Å²) in [5.74, 6) is -0.919. The second kappa shape index (κ2) is 6.54. The number of fused-ring (bicyclic) bond motifs is 2. The van der Waals surface area contributed by atoms with E-state index in [4.69, 9.17) is 9.84 Å². The zero-order chi connectivity index (χ0) is 18.2. The van der Waals surface area contributed by atoms with Gasteiger partial charge in [0.05, 0.1) is 11.6 Å². The number of hydrogen-bond acceptors (Lipinski definition) is 3. The summed E-state index contributed by atoms with van der Waals surface area (Å²) in [6.45, 7) is 5.65. The van der Waals surface area contributed by atoms with Crippen molar-refractivity contribution < 1.29 is 19.4 Å². The average Bonchev–Trinajstić information content (AvgIpc) is 2.52. The van der Waals surface area contributed by atoms with Crippen LogP contribution in [0.5, 0.6) is 0 Å². The van der Waals surface area contributed by atoms with Gasteiger partial charge in [-0.3, -0.25) is 4.90 Å². The molecule has 0 radical (unpaired) electrons. The molecule has 2 atom stereocenters. The van der Waals surface area contributed by atoms with E-state index < -0.39 is 11.6 Å². The highest BCUT2D eigenvalue weighted by molar-refractivity contribution is 5.88. The second-order valence-corrected chi connectivity index (χ2v) is 7.82. The molecule has 5 heteroatoms. The molecule has 2 bridgehead atoms. The fraction of sp³-hybridized carbons (Fsp3) is 0.500. The number of carboxylic acids is 1. The van der Waals surface area contributed by atoms with Crippen molar-refractivity contribution in [1.29, 1.82) is 0 Å². The summed E-state index contributed by atoms with van der Waals surface area (Å²) >= 11 is 0. The molecule has 2 aliphatic heterocycles. The molecule has 1 N–H and O–H groups in total. The molecular formula is C20H25NO4. The van der Waals surface area contributed by atoms with E-state index >= 15 is 0 Å². The number of benzene rings is 1. The Bertz CT molecular complexity index is 699. The topological polar surface area (TPSA) is 66.8 Å². The summed E-state index contributed by atoms with van der Waals surface area (Å²) in [5.41, 5.74) is 2.01. The second-order valence-electron chi connectivity index (χ2n) is 7.82. The Morgan fingerprint density at radius 2 is 1.84 bits per heavy atom. The van der Waals surface area contributed by atoms with Gasteiger partial charge in [-0.15, -0.1) is 0 Å². The van der Waals surface area contributed by atoms with E-state index in [9.17, 15) is 9.59 Å². The third kappa shape index (κ3) is 3.86. The van der Waals surface area contributed by atoms with E-state index in [-0.39, 0.29) is 23.7 Å². The molecule has 0 saturated carbocycles. The van der Waals surface area contributed by atoms with Crippen LogP contribution in [0.2, 0.25) is 0 Å². The van der Waals surface area contributed by atoms with Crippen LogP contribution in [-0.4, -0.2) is 39.8 Å². The van der Waals surface area contributed by atoms with Gasteiger partial charge in [0.1, 0.15) is 5.60 Å². The Morgan fingerprint density at radius 1 is 1.16 bits per heavy atom. The molecule has 134 valence electrons. The third-order valence-electron chi connectivity index (χ3n) is 4.74. The quantitative estimate of drug-likeness (QED) is 0.868. The number of piperidine rings is 1. The molecule has 1 amide bonds. The summed E-state index contributed by atoms with van der Waals surface area (Å²) in [6, 6.07) is 7.18. The van der Waals surface area contributed by atoms with Gasteiger partial charge in [-0.05, 0) is 69.7 Å². The summed E-state index contributed by atoms with van der Waals surface area (Å²) < 4.78 is 5.59. The van der Waals surface area contributed by atoms with E-state index in [1.807, 2.05) is 37.8 Å². The van der Waals surface area contributed by atoms with Gasteiger partial charge in [0.25, 0.3) is 0 Å². The van der Waals surface area contributed by atoms with Gasteiger partial charge in [-0.25, -0.2) is 9.59 Å². The maximum atomic E-state index is 12.6. The molecule has 1 fully saturated rings. The Hall–Kier alpha value is -2.30. The Labute approximate surface area is 148 Å². The van der Waals surface area contributed by atoms with Crippen molar-refractivity contribution in [2.75, 3.05) is 0 Å². The minimum atomic E-state index is -0.919. The third-order valence-corrected chi connectivity index (χ3v) is 4.74. The van der Waals surface area contributed by atoms with Gasteiger partial charge in [0.2, 0.25) is 0 Å². The molecule has 2 unspecified atom stereocenters. The molecule has 1 aromatic rings. The van der Waals surface area contributed by atoms with Crippen molar-refractivity contribution in [3.63, 3.8) is 0 Å². The molecular weight excluding hydrogens is 318 g/mol. The molecule has 0 spiro atoms. The number of rotatable bonds is 2. The number of carbonyl (C=O) groups is 2. The van der Waals surface area contributed by atoms with Crippen molar-refractivity contribution in [3.8, 4) is 0 Å². The molecule has 1 saturated heterocycles. The predicted octanol–water partition coefficient (Wildman–Crippen LogP) is 4.33. The van der Waals surface area contributed by atoms with Gasteiger partial charge in [-0.1, -0.05) is 18.2 Å². The molecule has 0 aromatic heterocycles. The van der Waals surface area contributed by atoms with Crippen LogP contribution in [-0.2, 0) is 4.74 Å². The molecule has 3 rings (SSSR count). The Morgan fingerprint density at radius 3 is 2.40 bits per heavy atom. The lowest BCUT2D eigenvalue weighted by atomic mass is 9.83. The molecule has 25 heavy (non-hydrogen) atoms. The summed E-state index contributed by atoms with van der Waals surface area (Å²) in [6.07, 6.45) is 5.71. The van der Waals surface area contributed by atoms with Gasteiger partial charge in [0, 0.05) is 6.04 Å². The van der Waals surface area contributed by atoms with Crippen molar-refractivity contribution in [2.24, 2.45) is 0 Å². The monoisotopic (exact) mass is 343 g/mol. The maximum absolute atomic E-state index is 12.6. The number of aromatic carboxylic acids is 1. The van der Waals surface area contributed by atoms with E-state index in [0.717, 1.165) is 31.2 Å². The van der Waals surface area contributed by atoms with Gasteiger partial charge >= 0.3 is 12.1 Å². The maximum Gasteiger partial charge on any atom is 0.411 e. The number of carbonyl (C=O) groups excluding carboxylic acids is 1. The minimum absolute atomic E-state index is 0.0523. The van der Waals surface area contributed by atoms with Crippen molar-refractivity contribution in [1.82, 2.24) is 4.90 Å². The molecule has 2 aliphatic rings. The van der Waals surface area contributed by atoms with Gasteiger partial charge in [-0.2, -0.15) is 0 Å². The SMILES string of the molecule is CC(C)(C)OC(=O)N1C2C=C(c3ccc(C(=O)O)cc3)CC1CCC2. The van der Waals surface area contributed by atoms with Crippen molar-refractivity contribution >= 4 is 17.6 Å². The zero-order valence-electron chi connectivity index (χ0n) is 15.0. The Balaban J connectivity index is 1.83. The lowest BCUT2D eigenvalue weighted by Gasteiger charge is -2.45. The molecule has 5 nitrogen and oxygen atoms in total. The zero-order valence-corrected chi connectivity index (χ0v) is 15.0. The first-order valence-electron chi connectivity index (χ1n) is 8.80. The van der Waals surface area contributed by atoms with E-state index in [2.05, 4.69) is 6.08 Å². The fourth-order valence-corrected chi connectivity index (χ4v) is 3.67. The van der Waals surface area contributed by atoms with Crippen LogP contribution in [0, 0.1) is 0 Å². The number of nitrogens with zero attached hydrogens (tertiary/aromatic N) is 1. The van der Waals surface area contributed by atoms with Gasteiger partial charge in [0.15, 0.2) is 0 Å². The first-order chi connectivity index (χ1) is 11.7. The van der Waals surface area contributed by atoms with Crippen LogP contribution in [0.1, 0.15) is 62.4 Å². The minimum Gasteiger partial charge on any atom is -0.478 e. The lowest BCUT2D eigenvalue weighted by Crippen LogP contribution is -2.53. The number of carboxylic acid groups (broad SMARTS) is 1. The predicted molar refractivity (Wildman–Crippen MR) is 95.5 cm³/mol. The van der Waals surface area contributed by atoms with Crippen molar-refractivity contribution in [3.05, 3.63) is 41.5 Å². The molecule has 0 aliphatic carbocycles. The van der Waals surface area contributed by atoms with Crippen LogP contribution < -0.4 is 0 Å². The molecule has 2 heterocycles.